The van der Waals surface area contributed by atoms with E-state index in [0.717, 1.165) is 5.56 Å². The molecule has 28 heavy (non-hydrogen) atoms. The van der Waals surface area contributed by atoms with Gasteiger partial charge in [0.05, 0.1) is 17.2 Å². The fraction of sp³-hybridized carbons (Fsp3) is 0.333. The number of carbonyl (C=O) groups excluding carboxylic acids is 1. The average molecular weight is 397 g/mol. The van der Waals surface area contributed by atoms with Crippen LogP contribution in [0.2, 0.25) is 0 Å². The van der Waals surface area contributed by atoms with Crippen molar-refractivity contribution in [2.45, 2.75) is 38.5 Å². The van der Waals surface area contributed by atoms with Crippen LogP contribution in [0.3, 0.4) is 0 Å². The maximum Gasteiger partial charge on any atom is 0.263 e. The fourth-order valence-corrected chi connectivity index (χ4v) is 3.72. The van der Waals surface area contributed by atoms with Crippen LogP contribution in [0.5, 0.6) is 0 Å². The molecule has 7 heteroatoms. The Kier molecular flexibility index (Phi) is 6.46. The quantitative estimate of drug-likeness (QED) is 0.489. The summed E-state index contributed by atoms with van der Waals surface area (Å²) in [5.74, 6) is 0.354. The Morgan fingerprint density at radius 1 is 1.14 bits per heavy atom. The van der Waals surface area contributed by atoms with Crippen molar-refractivity contribution in [1.82, 2.24) is 19.9 Å². The highest BCUT2D eigenvalue weighted by molar-refractivity contribution is 7.99. The van der Waals surface area contributed by atoms with Crippen LogP contribution < -0.4 is 10.9 Å². The molecule has 0 radical (unpaired) electrons. The van der Waals surface area contributed by atoms with Crippen molar-refractivity contribution in [2.75, 3.05) is 5.75 Å². The Morgan fingerprint density at radius 2 is 1.89 bits per heavy atom. The van der Waals surface area contributed by atoms with Gasteiger partial charge in [0.25, 0.3) is 5.56 Å². The number of rotatable bonds is 7. The van der Waals surface area contributed by atoms with Gasteiger partial charge in [0.1, 0.15) is 0 Å². The van der Waals surface area contributed by atoms with Crippen LogP contribution in [-0.4, -0.2) is 26.2 Å². The number of nitrogens with one attached hydrogen (secondary N) is 1. The largest absolute Gasteiger partial charge is 0.349 e. The molecule has 6 nitrogen and oxygen atoms in total. The number of hydrogen-bond donors (Lipinski definition) is 1. The molecule has 3 rings (SSSR count). The van der Waals surface area contributed by atoms with Gasteiger partial charge in [-0.2, -0.15) is 0 Å². The van der Waals surface area contributed by atoms with Gasteiger partial charge in [0, 0.05) is 12.7 Å². The van der Waals surface area contributed by atoms with Gasteiger partial charge < -0.3 is 5.32 Å². The number of benzene rings is 1. The molecular formula is C21H24N4O2S. The van der Waals surface area contributed by atoms with E-state index < -0.39 is 0 Å². The number of aromatic nitrogens is 3. The second-order valence-corrected chi connectivity index (χ2v) is 8.01. The molecular weight excluding hydrogens is 372 g/mol. The molecule has 0 aliphatic heterocycles. The number of amides is 1. The van der Waals surface area contributed by atoms with E-state index in [2.05, 4.69) is 15.3 Å². The van der Waals surface area contributed by atoms with Crippen molar-refractivity contribution in [3.63, 3.8) is 0 Å². The van der Waals surface area contributed by atoms with Gasteiger partial charge in [-0.3, -0.25) is 14.2 Å². The lowest BCUT2D eigenvalue weighted by Crippen LogP contribution is -2.29. The number of carbonyl (C=O) groups is 1. The van der Waals surface area contributed by atoms with Crippen LogP contribution in [-0.2, 0) is 11.3 Å². The first-order chi connectivity index (χ1) is 13.5. The maximum atomic E-state index is 12.9. The number of thioether (sulfide) groups is 1. The lowest BCUT2D eigenvalue weighted by Gasteiger charge is -2.16. The predicted molar refractivity (Wildman–Crippen MR) is 112 cm³/mol. The van der Waals surface area contributed by atoms with Crippen LogP contribution in [0.1, 0.15) is 32.4 Å². The molecule has 1 aromatic carbocycles. The fourth-order valence-electron chi connectivity index (χ4n) is 2.91. The first-order valence-corrected chi connectivity index (χ1v) is 10.3. The highest BCUT2D eigenvalue weighted by atomic mass is 32.2. The molecule has 1 atom stereocenters. The Morgan fingerprint density at radius 3 is 2.61 bits per heavy atom. The van der Waals surface area contributed by atoms with E-state index in [0.29, 0.717) is 22.7 Å². The molecule has 0 bridgehead atoms. The van der Waals surface area contributed by atoms with Crippen LogP contribution in [0.4, 0.5) is 0 Å². The monoisotopic (exact) mass is 396 g/mol. The molecule has 2 aromatic heterocycles. The molecule has 0 fully saturated rings. The first kappa shape index (κ1) is 20.1. The second-order valence-electron chi connectivity index (χ2n) is 7.07. The zero-order chi connectivity index (χ0) is 20.1. The summed E-state index contributed by atoms with van der Waals surface area (Å²) < 4.78 is 1.65. The topological polar surface area (TPSA) is 76.9 Å². The lowest BCUT2D eigenvalue weighted by molar-refractivity contribution is -0.119. The van der Waals surface area contributed by atoms with Crippen molar-refractivity contribution in [3.8, 4) is 0 Å². The van der Waals surface area contributed by atoms with Gasteiger partial charge in [0.15, 0.2) is 10.8 Å². The molecule has 0 spiro atoms. The molecule has 146 valence electrons. The van der Waals surface area contributed by atoms with Crippen molar-refractivity contribution >= 4 is 28.7 Å². The van der Waals surface area contributed by atoms with E-state index in [1.807, 2.05) is 51.1 Å². The molecule has 0 aliphatic carbocycles. The minimum Gasteiger partial charge on any atom is -0.349 e. The van der Waals surface area contributed by atoms with Gasteiger partial charge in [-0.05, 0) is 30.5 Å². The predicted octanol–water partition coefficient (Wildman–Crippen LogP) is 3.42. The normalized spacial score (nSPS) is 12.3. The summed E-state index contributed by atoms with van der Waals surface area (Å²) in [6, 6.07) is 13.2. The van der Waals surface area contributed by atoms with Gasteiger partial charge in [0.2, 0.25) is 5.91 Å². The zero-order valence-electron chi connectivity index (χ0n) is 16.3. The van der Waals surface area contributed by atoms with Crippen molar-refractivity contribution < 1.29 is 4.79 Å². The highest BCUT2D eigenvalue weighted by Gasteiger charge is 2.16. The van der Waals surface area contributed by atoms with Crippen LogP contribution in [0.25, 0.3) is 11.0 Å². The van der Waals surface area contributed by atoms with E-state index in [1.54, 1.807) is 22.9 Å². The third-order valence-electron chi connectivity index (χ3n) is 4.25. The van der Waals surface area contributed by atoms with Gasteiger partial charge in [-0.1, -0.05) is 55.9 Å². The molecule has 2 heterocycles. The van der Waals surface area contributed by atoms with E-state index >= 15 is 0 Å². The van der Waals surface area contributed by atoms with Gasteiger partial charge in [-0.15, -0.1) is 0 Å². The van der Waals surface area contributed by atoms with E-state index in [4.69, 9.17) is 0 Å². The lowest BCUT2D eigenvalue weighted by atomic mass is 10.1. The van der Waals surface area contributed by atoms with Gasteiger partial charge >= 0.3 is 0 Å². The number of fused-ring (bicyclic) bond motifs is 1. The average Bonchev–Trinajstić information content (AvgIpc) is 2.69. The molecule has 1 amide bonds. The van der Waals surface area contributed by atoms with E-state index in [-0.39, 0.29) is 29.2 Å². The molecule has 3 aromatic rings. The van der Waals surface area contributed by atoms with Crippen LogP contribution in [0.15, 0.2) is 58.6 Å². The molecule has 1 unspecified atom stereocenters. The summed E-state index contributed by atoms with van der Waals surface area (Å²) in [5, 5.41) is 4.00. The summed E-state index contributed by atoms with van der Waals surface area (Å²) in [5.41, 5.74) is 1.34. The minimum atomic E-state index is -0.118. The van der Waals surface area contributed by atoms with Crippen molar-refractivity contribution in [1.29, 1.82) is 0 Å². The van der Waals surface area contributed by atoms with Crippen LogP contribution in [0, 0.1) is 5.92 Å². The number of hydrogen-bond acceptors (Lipinski definition) is 5. The highest BCUT2D eigenvalue weighted by Crippen LogP contribution is 2.19. The summed E-state index contributed by atoms with van der Waals surface area (Å²) in [6.45, 7) is 6.58. The Labute approximate surface area is 168 Å². The zero-order valence-corrected chi connectivity index (χ0v) is 17.1. The summed E-state index contributed by atoms with van der Waals surface area (Å²) >= 11 is 1.26. The Hall–Kier alpha value is -2.67. The van der Waals surface area contributed by atoms with Gasteiger partial charge in [-0.25, -0.2) is 9.97 Å². The SMILES string of the molecule is CC(C)Cn1c(SCC(=O)NC(C)c2ccccc2)nc2ncccc2c1=O. The van der Waals surface area contributed by atoms with Crippen LogP contribution >= 0.6 is 11.8 Å². The first-order valence-electron chi connectivity index (χ1n) is 9.28. The molecule has 1 N–H and O–H groups in total. The summed E-state index contributed by atoms with van der Waals surface area (Å²) in [4.78, 5) is 34.0. The molecule has 0 saturated carbocycles. The van der Waals surface area contributed by atoms with Crippen molar-refractivity contribution in [3.05, 3.63) is 64.6 Å². The standard InChI is InChI=1S/C21H24N4O2S/c1-14(2)12-25-20(27)17-10-7-11-22-19(17)24-21(25)28-13-18(26)23-15(3)16-8-5-4-6-9-16/h4-11,14-15H,12-13H2,1-3H3,(H,23,26). The maximum absolute atomic E-state index is 12.9. The smallest absolute Gasteiger partial charge is 0.263 e. The van der Waals surface area contributed by atoms with E-state index in [9.17, 15) is 9.59 Å². The summed E-state index contributed by atoms with van der Waals surface area (Å²) in [7, 11) is 0. The van der Waals surface area contributed by atoms with E-state index in [1.165, 1.54) is 11.8 Å². The third-order valence-corrected chi connectivity index (χ3v) is 5.23. The number of pyridine rings is 1. The molecule has 0 saturated heterocycles. The number of nitrogens with zero attached hydrogens (tertiary/aromatic N) is 3. The third kappa shape index (κ3) is 4.78. The van der Waals surface area contributed by atoms with Crippen molar-refractivity contribution in [2.24, 2.45) is 5.92 Å². The summed E-state index contributed by atoms with van der Waals surface area (Å²) in [6.07, 6.45) is 1.62. The Balaban J connectivity index is 1.77. The Bertz CT molecular complexity index is 1020. The minimum absolute atomic E-state index is 0.0848. The second kappa shape index (κ2) is 9.01. The molecule has 0 aliphatic rings.